The predicted octanol–water partition coefficient (Wildman–Crippen LogP) is 3.00. The summed E-state index contributed by atoms with van der Waals surface area (Å²) < 4.78 is 1.54. The van der Waals surface area contributed by atoms with Crippen molar-refractivity contribution in [1.82, 2.24) is 0 Å². The second-order valence-electron chi connectivity index (χ2n) is 1.68. The molecular weight excluding hydrogens is 516 g/mol. The van der Waals surface area contributed by atoms with Crippen LogP contribution in [0.3, 0.4) is 0 Å². The van der Waals surface area contributed by atoms with Gasteiger partial charge in [-0.3, -0.25) is 0 Å². The molecule has 0 heterocycles. The smallest absolute Gasteiger partial charge is 0.107 e. The summed E-state index contributed by atoms with van der Waals surface area (Å²) in [4.78, 5) is 0. The van der Waals surface area contributed by atoms with E-state index in [-0.39, 0.29) is 48.0 Å². The molecule has 3 heteroatoms. The molecule has 0 aromatic heterocycles. The number of hydrogen-bond donors (Lipinski definition) is 0. The van der Waals surface area contributed by atoms with E-state index in [0.29, 0.717) is 0 Å². The molecule has 0 aromatic carbocycles. The van der Waals surface area contributed by atoms with Crippen LogP contribution in [0.4, 0.5) is 0 Å². The Labute approximate surface area is 101 Å². The molecule has 0 N–H and O–H groups in total. The molecule has 0 unspecified atom stereocenters. The SMILES string of the molecule is CC1=[C]([Os])CC=C1.I.I. The van der Waals surface area contributed by atoms with Gasteiger partial charge in [-0.2, -0.15) is 0 Å². The maximum absolute atomic E-state index is 2.21. The fourth-order valence-corrected chi connectivity index (χ4v) is 1.10. The molecule has 1 aliphatic rings. The third-order valence-corrected chi connectivity index (χ3v) is 2.60. The van der Waals surface area contributed by atoms with E-state index in [1.165, 1.54) is 12.0 Å². The molecule has 0 nitrogen and oxygen atoms in total. The molecule has 0 spiro atoms. The van der Waals surface area contributed by atoms with E-state index in [9.17, 15) is 0 Å². The van der Waals surface area contributed by atoms with Crippen LogP contribution < -0.4 is 0 Å². The van der Waals surface area contributed by atoms with Gasteiger partial charge >= 0.3 is 53.8 Å². The van der Waals surface area contributed by atoms with E-state index >= 15 is 0 Å². The van der Waals surface area contributed by atoms with Crippen molar-refractivity contribution in [3.63, 3.8) is 0 Å². The van der Waals surface area contributed by atoms with Crippen LogP contribution in [0, 0.1) is 0 Å². The van der Waals surface area contributed by atoms with Crippen molar-refractivity contribution < 1.29 is 18.6 Å². The Balaban J connectivity index is 0. The van der Waals surface area contributed by atoms with Crippen LogP contribution in [-0.2, 0) is 18.6 Å². The molecule has 1 rings (SSSR count). The number of allylic oxidation sites excluding steroid dienone is 4. The number of rotatable bonds is 0. The molecule has 0 radical (unpaired) electrons. The van der Waals surface area contributed by atoms with Gasteiger partial charge in [-0.25, -0.2) is 0 Å². The van der Waals surface area contributed by atoms with Gasteiger partial charge in [0.25, 0.3) is 0 Å². The Morgan fingerprint density at radius 2 is 2.00 bits per heavy atom. The summed E-state index contributed by atoms with van der Waals surface area (Å²) in [5, 5.41) is 0. The summed E-state index contributed by atoms with van der Waals surface area (Å²) in [6.07, 6.45) is 5.57. The van der Waals surface area contributed by atoms with E-state index in [0.717, 1.165) is 0 Å². The fraction of sp³-hybridized carbons (Fsp3) is 0.333. The summed E-state index contributed by atoms with van der Waals surface area (Å²) in [5.74, 6) is 0. The van der Waals surface area contributed by atoms with Crippen molar-refractivity contribution in [2.24, 2.45) is 0 Å². The van der Waals surface area contributed by atoms with Crippen LogP contribution in [0.5, 0.6) is 0 Å². The molecule has 0 amide bonds. The maximum Gasteiger partial charge on any atom is -0.107 e. The zero-order valence-corrected chi connectivity index (χ0v) is 12.2. The van der Waals surface area contributed by atoms with Crippen molar-refractivity contribution in [2.75, 3.05) is 0 Å². The van der Waals surface area contributed by atoms with Crippen molar-refractivity contribution in [2.45, 2.75) is 13.3 Å². The normalized spacial score (nSPS) is 14.9. The van der Waals surface area contributed by atoms with Gasteiger partial charge < -0.3 is 0 Å². The van der Waals surface area contributed by atoms with Crippen LogP contribution in [0.25, 0.3) is 0 Å². The second-order valence-corrected chi connectivity index (χ2v) is 3.21. The van der Waals surface area contributed by atoms with Gasteiger partial charge in [-0.15, -0.1) is 48.0 Å². The quantitative estimate of drug-likeness (QED) is 0.427. The Morgan fingerprint density at radius 3 is 2.11 bits per heavy atom. The maximum atomic E-state index is 2.21. The van der Waals surface area contributed by atoms with Gasteiger partial charge in [-0.1, -0.05) is 0 Å². The van der Waals surface area contributed by atoms with Gasteiger partial charge in [0, 0.05) is 0 Å². The Morgan fingerprint density at radius 1 is 1.44 bits per heavy atom. The van der Waals surface area contributed by atoms with Crippen molar-refractivity contribution in [1.29, 1.82) is 0 Å². The van der Waals surface area contributed by atoms with Gasteiger partial charge in [0.1, 0.15) is 0 Å². The predicted molar refractivity (Wildman–Crippen MR) is 57.3 cm³/mol. The molecule has 0 aliphatic heterocycles. The molecule has 0 aromatic rings. The summed E-state index contributed by atoms with van der Waals surface area (Å²) >= 11 is 1.99. The minimum Gasteiger partial charge on any atom is -0.107 e. The van der Waals surface area contributed by atoms with Gasteiger partial charge in [0.05, 0.1) is 0 Å². The average molecular weight is 525 g/mol. The summed E-state index contributed by atoms with van der Waals surface area (Å²) in [6.45, 7) is 2.16. The van der Waals surface area contributed by atoms with Crippen LogP contribution in [0.15, 0.2) is 21.9 Å². The third kappa shape index (κ3) is 4.10. The van der Waals surface area contributed by atoms with E-state index < -0.39 is 0 Å². The summed E-state index contributed by atoms with van der Waals surface area (Å²) in [5.41, 5.74) is 1.46. The average Bonchev–Trinajstić information content (AvgIpc) is 1.91. The van der Waals surface area contributed by atoms with Crippen LogP contribution in [0.2, 0.25) is 0 Å². The van der Waals surface area contributed by atoms with Crippen molar-refractivity contribution in [3.05, 3.63) is 21.9 Å². The van der Waals surface area contributed by atoms with Crippen LogP contribution in [-0.4, -0.2) is 0 Å². The van der Waals surface area contributed by atoms with Crippen LogP contribution in [0.1, 0.15) is 13.3 Å². The first-order valence-electron chi connectivity index (χ1n) is 2.31. The minimum absolute atomic E-state index is 0. The summed E-state index contributed by atoms with van der Waals surface area (Å²) in [6, 6.07) is 0. The van der Waals surface area contributed by atoms with Crippen LogP contribution >= 0.6 is 48.0 Å². The van der Waals surface area contributed by atoms with Crippen molar-refractivity contribution in [3.8, 4) is 0 Å². The second kappa shape index (κ2) is 6.30. The molecule has 1 aliphatic carbocycles. The van der Waals surface area contributed by atoms with Gasteiger partial charge in [0.15, 0.2) is 0 Å². The summed E-state index contributed by atoms with van der Waals surface area (Å²) in [7, 11) is 0. The molecule has 0 atom stereocenters. The third-order valence-electron chi connectivity index (χ3n) is 1.08. The topological polar surface area (TPSA) is 0 Å². The number of hydrogen-bond acceptors (Lipinski definition) is 0. The van der Waals surface area contributed by atoms with E-state index in [4.69, 9.17) is 0 Å². The molecule has 55 valence electrons. The Bertz CT molecular complexity index is 138. The first-order chi connectivity index (χ1) is 3.30. The first-order valence-corrected chi connectivity index (χ1v) is 3.58. The largest absolute Gasteiger partial charge is 0.107 e. The fourth-order valence-electron chi connectivity index (χ4n) is 0.586. The zero-order chi connectivity index (χ0) is 5.28. The molecule has 0 fully saturated rings. The number of halogens is 2. The first kappa shape index (κ1) is 13.2. The molecule has 9 heavy (non-hydrogen) atoms. The standard InChI is InChI=1S/C6H7.2HI.Os/c1-6-4-2-3-5-6;;;/h2,4H,3H2,1H3;2*1H;. The minimum atomic E-state index is 0. The molecular formula is C6H9I2Os. The Hall–Kier alpha value is 1.58. The van der Waals surface area contributed by atoms with E-state index in [1.54, 1.807) is 4.13 Å². The molecule has 0 bridgehead atoms. The zero-order valence-electron chi connectivity index (χ0n) is 5.03. The van der Waals surface area contributed by atoms with Crippen molar-refractivity contribution >= 4 is 48.0 Å². The van der Waals surface area contributed by atoms with Gasteiger partial charge in [0.2, 0.25) is 0 Å². The Kier molecular flexibility index (Phi) is 9.23. The van der Waals surface area contributed by atoms with Gasteiger partial charge in [-0.05, 0) is 0 Å². The van der Waals surface area contributed by atoms with E-state index in [2.05, 4.69) is 19.1 Å². The van der Waals surface area contributed by atoms with E-state index in [1.807, 2.05) is 18.6 Å². The molecule has 0 saturated heterocycles. The molecule has 0 saturated carbocycles. The monoisotopic (exact) mass is 527 g/mol.